The van der Waals surface area contributed by atoms with Crippen LogP contribution in [0.4, 0.5) is 0 Å². The van der Waals surface area contributed by atoms with Crippen molar-refractivity contribution in [1.82, 2.24) is 41.5 Å². The first-order chi connectivity index (χ1) is 45.3. The number of hydrogen-bond donors (Lipinski definition) is 4. The molecule has 0 radical (unpaired) electrons. The Morgan fingerprint density at radius 3 is 0.620 bits per heavy atom. The summed E-state index contributed by atoms with van der Waals surface area (Å²) in [5.41, 5.74) is 11.0. The number of carbonyl (C=O) groups excluding carboxylic acids is 4. The van der Waals surface area contributed by atoms with Crippen molar-refractivity contribution >= 4 is 70.3 Å². The summed E-state index contributed by atoms with van der Waals surface area (Å²) in [5, 5.41) is 0. The summed E-state index contributed by atoms with van der Waals surface area (Å²) in [6.45, 7) is 18.1. The molecule has 544 valence electrons. The summed E-state index contributed by atoms with van der Waals surface area (Å²) in [4.78, 5) is 82.3. The largest absolute Gasteiger partial charge is 0.379 e. The zero-order valence-electron chi connectivity index (χ0n) is 56.3. The van der Waals surface area contributed by atoms with E-state index in [9.17, 15) is 19.2 Å². The molecule has 1 rings (SSSR count). The third-order valence-electron chi connectivity index (χ3n) is 14.7. The van der Waals surface area contributed by atoms with Crippen molar-refractivity contribution < 1.29 is 76.4 Å². The quantitative estimate of drug-likeness (QED) is 0.0196. The second kappa shape index (κ2) is 72.2. The first kappa shape index (κ1) is 88.4. The van der Waals surface area contributed by atoms with Crippen LogP contribution in [0.3, 0.4) is 0 Å². The molecule has 1 aliphatic heterocycles. The molecule has 0 aromatic carbocycles. The molecule has 0 saturated carbocycles. The number of ether oxygens (including phenoxy) is 8. The Balaban J connectivity index is 2.88. The second-order valence-corrected chi connectivity index (χ2v) is 24.1. The lowest BCUT2D eigenvalue weighted by molar-refractivity contribution is -0.152. The molecule has 0 aromatic rings. The highest BCUT2D eigenvalue weighted by Gasteiger charge is 2.19. The van der Waals surface area contributed by atoms with Gasteiger partial charge in [0.25, 0.3) is 0 Å². The van der Waals surface area contributed by atoms with Gasteiger partial charge in [-0.3, -0.25) is 19.2 Å². The van der Waals surface area contributed by atoms with E-state index in [2.05, 4.69) is 41.5 Å². The van der Waals surface area contributed by atoms with Crippen molar-refractivity contribution in [3.8, 4) is 0 Å². The van der Waals surface area contributed by atoms with Gasteiger partial charge in [0.15, 0.2) is 0 Å². The fourth-order valence-corrected chi connectivity index (χ4v) is 10.1. The summed E-state index contributed by atoms with van der Waals surface area (Å²) in [5.74, 6) is 1.41. The number of hydrogen-bond acceptors (Lipinski definition) is 24. The Labute approximate surface area is 573 Å². The highest BCUT2D eigenvalue weighted by atomic mass is 35.5. The molecule has 1 saturated heterocycles. The monoisotopic (exact) mass is 1400 g/mol. The molecule has 0 unspecified atom stereocenters. The highest BCUT2D eigenvalue weighted by Crippen LogP contribution is 2.10. The molecule has 1 fully saturated rings. The maximum absolute atomic E-state index is 12.9. The van der Waals surface area contributed by atoms with Crippen LogP contribution in [-0.2, 0) is 76.4 Å². The third-order valence-corrected chi connectivity index (χ3v) is 15.7. The molecule has 0 spiro atoms. The molecule has 1 heterocycles. The molecule has 24 nitrogen and oxygen atoms in total. The lowest BCUT2D eigenvalue weighted by Crippen LogP contribution is -2.46. The van der Waals surface area contributed by atoms with E-state index in [0.717, 1.165) is 155 Å². The average molecular weight is 1400 g/mol. The van der Waals surface area contributed by atoms with Crippen molar-refractivity contribution in [3.05, 3.63) is 0 Å². The minimum absolute atomic E-state index is 0.232. The number of halogens is 4. The molecule has 92 heavy (non-hydrogen) atoms. The minimum Gasteiger partial charge on any atom is -0.379 e. The van der Waals surface area contributed by atoms with Gasteiger partial charge in [-0.2, -0.15) is 21.9 Å². The summed E-state index contributed by atoms with van der Waals surface area (Å²) in [7, 11) is 0. The predicted molar refractivity (Wildman–Crippen MR) is 362 cm³/mol. The number of hydroxylamine groups is 4. The maximum atomic E-state index is 12.9. The van der Waals surface area contributed by atoms with Crippen molar-refractivity contribution in [2.45, 2.75) is 154 Å². The Bertz CT molecular complexity index is 1390. The summed E-state index contributed by atoms with van der Waals surface area (Å²) in [6, 6.07) is 0. The molecule has 0 atom stereocenters. The smallest absolute Gasteiger partial charge is 0.324 e. The lowest BCUT2D eigenvalue weighted by Gasteiger charge is -2.34. The number of alkyl halides is 4. The molecule has 28 heteroatoms. The fraction of sp³-hybridized carbons (Fsp3) is 0.938. The van der Waals surface area contributed by atoms with E-state index < -0.39 is 0 Å². The van der Waals surface area contributed by atoms with E-state index in [-0.39, 0.29) is 49.6 Å². The van der Waals surface area contributed by atoms with E-state index in [1.165, 1.54) is 0 Å². The highest BCUT2D eigenvalue weighted by molar-refractivity contribution is 6.18. The van der Waals surface area contributed by atoms with E-state index >= 15 is 0 Å². The van der Waals surface area contributed by atoms with Crippen LogP contribution in [0.5, 0.6) is 0 Å². The first-order valence-electron chi connectivity index (χ1n) is 34.8. The molecular formula is C64H124Cl4N8O16. The van der Waals surface area contributed by atoms with Gasteiger partial charge in [0.2, 0.25) is 0 Å². The fourth-order valence-electron chi connectivity index (χ4n) is 9.34. The van der Waals surface area contributed by atoms with Crippen molar-refractivity contribution in [2.24, 2.45) is 0 Å². The van der Waals surface area contributed by atoms with Crippen LogP contribution < -0.4 is 21.9 Å². The van der Waals surface area contributed by atoms with Gasteiger partial charge >= 0.3 is 23.9 Å². The maximum Gasteiger partial charge on any atom is 0.324 e. The van der Waals surface area contributed by atoms with Gasteiger partial charge in [-0.05, 0) is 103 Å². The Morgan fingerprint density at radius 2 is 0.424 bits per heavy atom. The zero-order valence-corrected chi connectivity index (χ0v) is 59.3. The van der Waals surface area contributed by atoms with E-state index in [0.29, 0.717) is 207 Å². The topological polar surface area (TPSA) is 240 Å². The lowest BCUT2D eigenvalue weighted by atomic mass is 10.2. The number of unbranched alkanes of at least 4 members (excludes halogenated alkanes) is 12. The van der Waals surface area contributed by atoms with Crippen molar-refractivity contribution in [1.29, 1.82) is 0 Å². The number of nitrogens with zero attached hydrogens (tertiary/aromatic N) is 4. The van der Waals surface area contributed by atoms with Crippen LogP contribution in [0.2, 0.25) is 0 Å². The minimum atomic E-state index is -0.342. The molecule has 0 amide bonds. The predicted octanol–water partition coefficient (Wildman–Crippen LogP) is 7.85. The molecule has 1 aliphatic rings. The Hall–Kier alpha value is -1.60. The molecule has 4 N–H and O–H groups in total. The van der Waals surface area contributed by atoms with Gasteiger partial charge < -0.3 is 76.8 Å². The SMILES string of the molecule is O=C(CCCN1CCN(CCCC(=O)ONCCOCCOCCCCCCCl)CCN(CCCC(=O)ONCCOCCOCCCCCCCl)CCN(CCCC(=O)ONCCOCCOCCCCCCCl)CC1)ONCCOCCOCCCCCCCl. The van der Waals surface area contributed by atoms with Gasteiger partial charge in [0.05, 0.1) is 105 Å². The number of rotatable bonds is 68. The molecule has 0 aliphatic carbocycles. The summed E-state index contributed by atoms with van der Waals surface area (Å²) >= 11 is 23.0. The molecule has 0 aromatic heterocycles. The number of carbonyl (C=O) groups is 4. The van der Waals surface area contributed by atoms with Crippen LogP contribution in [0, 0.1) is 0 Å². The molecular weight excluding hydrogens is 1280 g/mol. The van der Waals surface area contributed by atoms with Gasteiger partial charge in [-0.25, -0.2) is 0 Å². The van der Waals surface area contributed by atoms with Crippen LogP contribution >= 0.6 is 46.4 Å². The van der Waals surface area contributed by atoms with Crippen LogP contribution in [0.15, 0.2) is 0 Å². The zero-order chi connectivity index (χ0) is 66.4. The van der Waals surface area contributed by atoms with E-state index in [1.54, 1.807) is 0 Å². The summed E-state index contributed by atoms with van der Waals surface area (Å²) < 4.78 is 45.0. The van der Waals surface area contributed by atoms with Crippen LogP contribution in [0.1, 0.15) is 154 Å². The Morgan fingerprint density at radius 1 is 0.239 bits per heavy atom. The van der Waals surface area contributed by atoms with Crippen LogP contribution in [-0.4, -0.2) is 277 Å². The molecule has 0 bridgehead atoms. The van der Waals surface area contributed by atoms with Gasteiger partial charge in [-0.1, -0.05) is 51.4 Å². The van der Waals surface area contributed by atoms with Gasteiger partial charge in [0, 0.05) is 128 Å². The van der Waals surface area contributed by atoms with E-state index in [4.69, 9.17) is 104 Å². The normalized spacial score (nSPS) is 14.1. The van der Waals surface area contributed by atoms with Gasteiger partial charge in [-0.15, -0.1) is 46.4 Å². The summed E-state index contributed by atoms with van der Waals surface area (Å²) in [6.07, 6.45) is 20.3. The first-order valence-corrected chi connectivity index (χ1v) is 36.9. The second-order valence-electron chi connectivity index (χ2n) is 22.6. The average Bonchev–Trinajstić information content (AvgIpc) is 2.40. The third kappa shape index (κ3) is 64.4. The van der Waals surface area contributed by atoms with Crippen LogP contribution in [0.25, 0.3) is 0 Å². The Kier molecular flexibility index (Phi) is 69.3. The van der Waals surface area contributed by atoms with Crippen molar-refractivity contribution in [3.63, 3.8) is 0 Å². The number of nitrogens with one attached hydrogen (secondary N) is 4. The van der Waals surface area contributed by atoms with E-state index in [1.807, 2.05) is 0 Å². The van der Waals surface area contributed by atoms with Crippen molar-refractivity contribution in [2.75, 3.05) is 234 Å². The van der Waals surface area contributed by atoms with Gasteiger partial charge in [0.1, 0.15) is 0 Å². The standard InChI is InChI=1S/C64H124Cl4N8O16/c65-25-9-1-5-13-45-81-53-57-85-49-29-69-89-61(77)21-17-33-73-37-39-74(34-18-22-62(78)90-70-30-50-86-58-54-82-46-14-6-2-10-26-66)41-43-76(36-20-24-64(80)92-72-32-52-88-60-56-84-48-16-8-4-12-28-68)44-42-75(40-38-73)35-19-23-63(79)91-71-31-51-87-59-55-83-47-15-7-3-11-27-67/h69-72H,1-60H2.